The van der Waals surface area contributed by atoms with Gasteiger partial charge in [0.2, 0.25) is 0 Å². The van der Waals surface area contributed by atoms with E-state index >= 15 is 0 Å². The van der Waals surface area contributed by atoms with Crippen molar-refractivity contribution in [1.29, 1.82) is 0 Å². The number of halogens is 2. The van der Waals surface area contributed by atoms with E-state index in [9.17, 15) is 4.79 Å². The van der Waals surface area contributed by atoms with Crippen LogP contribution in [0.15, 0.2) is 5.38 Å². The van der Waals surface area contributed by atoms with Crippen LogP contribution in [0.4, 0.5) is 0 Å². The zero-order valence-corrected chi connectivity index (χ0v) is 13.6. The zero-order valence-electron chi connectivity index (χ0n) is 11.2. The maximum Gasteiger partial charge on any atom is 0.262 e. The molecule has 0 spiro atoms. The SMILES string of the molecule is Cc1csc(C(=O)NCC2(C)CCCNC2)c1Cl.Cl. The van der Waals surface area contributed by atoms with E-state index in [2.05, 4.69) is 17.6 Å². The van der Waals surface area contributed by atoms with Crippen LogP contribution in [-0.2, 0) is 0 Å². The molecule has 1 aliphatic rings. The van der Waals surface area contributed by atoms with Crippen LogP contribution in [0.2, 0.25) is 5.02 Å². The highest BCUT2D eigenvalue weighted by atomic mass is 35.5. The van der Waals surface area contributed by atoms with E-state index < -0.39 is 0 Å². The van der Waals surface area contributed by atoms with Crippen molar-refractivity contribution in [3.05, 3.63) is 20.8 Å². The van der Waals surface area contributed by atoms with E-state index in [1.807, 2.05) is 12.3 Å². The highest BCUT2D eigenvalue weighted by Gasteiger charge is 2.27. The maximum absolute atomic E-state index is 12.1. The second-order valence-electron chi connectivity index (χ2n) is 5.34. The first-order chi connectivity index (χ1) is 8.52. The molecule has 0 aromatic carbocycles. The van der Waals surface area contributed by atoms with E-state index in [1.165, 1.54) is 17.8 Å². The molecule has 108 valence electrons. The van der Waals surface area contributed by atoms with Gasteiger partial charge < -0.3 is 10.6 Å². The molecule has 1 unspecified atom stereocenters. The molecule has 1 amide bonds. The Labute approximate surface area is 129 Å². The Hall–Kier alpha value is -0.290. The number of carbonyl (C=O) groups excluding carboxylic acids is 1. The van der Waals surface area contributed by atoms with Crippen molar-refractivity contribution in [3.63, 3.8) is 0 Å². The van der Waals surface area contributed by atoms with Gasteiger partial charge in [-0.15, -0.1) is 23.7 Å². The summed E-state index contributed by atoms with van der Waals surface area (Å²) in [7, 11) is 0. The van der Waals surface area contributed by atoms with Crippen molar-refractivity contribution in [2.75, 3.05) is 19.6 Å². The van der Waals surface area contributed by atoms with Crippen molar-refractivity contribution in [3.8, 4) is 0 Å². The average Bonchev–Trinajstić information content (AvgIpc) is 2.68. The topological polar surface area (TPSA) is 41.1 Å². The smallest absolute Gasteiger partial charge is 0.262 e. The van der Waals surface area contributed by atoms with E-state index in [0.29, 0.717) is 16.4 Å². The monoisotopic (exact) mass is 322 g/mol. The first-order valence-corrected chi connectivity index (χ1v) is 7.50. The number of amides is 1. The van der Waals surface area contributed by atoms with Gasteiger partial charge in [-0.2, -0.15) is 0 Å². The molecule has 2 rings (SSSR count). The summed E-state index contributed by atoms with van der Waals surface area (Å²) in [6.07, 6.45) is 2.32. The van der Waals surface area contributed by atoms with Gasteiger partial charge in [-0.1, -0.05) is 18.5 Å². The van der Waals surface area contributed by atoms with Crippen LogP contribution in [0.5, 0.6) is 0 Å². The lowest BCUT2D eigenvalue weighted by molar-refractivity contribution is 0.0929. The zero-order chi connectivity index (χ0) is 13.2. The van der Waals surface area contributed by atoms with Gasteiger partial charge in [0.15, 0.2) is 0 Å². The Morgan fingerprint density at radius 2 is 2.37 bits per heavy atom. The van der Waals surface area contributed by atoms with Crippen LogP contribution in [0.25, 0.3) is 0 Å². The average molecular weight is 323 g/mol. The van der Waals surface area contributed by atoms with Crippen LogP contribution >= 0.6 is 35.3 Å². The van der Waals surface area contributed by atoms with Crippen molar-refractivity contribution in [2.45, 2.75) is 26.7 Å². The van der Waals surface area contributed by atoms with E-state index in [4.69, 9.17) is 11.6 Å². The largest absolute Gasteiger partial charge is 0.351 e. The number of thiophene rings is 1. The first kappa shape index (κ1) is 16.8. The Morgan fingerprint density at radius 3 is 2.89 bits per heavy atom. The highest BCUT2D eigenvalue weighted by molar-refractivity contribution is 7.13. The second kappa shape index (κ2) is 6.93. The summed E-state index contributed by atoms with van der Waals surface area (Å²) in [6, 6.07) is 0. The summed E-state index contributed by atoms with van der Waals surface area (Å²) >= 11 is 7.51. The van der Waals surface area contributed by atoms with Crippen LogP contribution in [0.1, 0.15) is 35.0 Å². The van der Waals surface area contributed by atoms with Crippen molar-refractivity contribution in [1.82, 2.24) is 10.6 Å². The van der Waals surface area contributed by atoms with Gasteiger partial charge in [-0.05, 0) is 42.7 Å². The Balaban J connectivity index is 0.00000180. The summed E-state index contributed by atoms with van der Waals surface area (Å²) in [5.74, 6) is -0.0510. The summed E-state index contributed by atoms with van der Waals surface area (Å²) < 4.78 is 0. The first-order valence-electron chi connectivity index (χ1n) is 6.24. The lowest BCUT2D eigenvalue weighted by Gasteiger charge is -2.34. The predicted octanol–water partition coefficient (Wildman–Crippen LogP) is 3.25. The van der Waals surface area contributed by atoms with Crippen molar-refractivity contribution in [2.24, 2.45) is 5.41 Å². The molecule has 1 saturated heterocycles. The number of hydrogen-bond donors (Lipinski definition) is 2. The van der Waals surface area contributed by atoms with Gasteiger partial charge in [-0.25, -0.2) is 0 Å². The molecule has 1 atom stereocenters. The standard InChI is InChI=1S/C13H19ClN2OS.ClH/c1-9-6-18-11(10(9)14)12(17)16-8-13(2)4-3-5-15-7-13;/h6,15H,3-5,7-8H2,1-2H3,(H,16,17);1H. The summed E-state index contributed by atoms with van der Waals surface area (Å²) in [4.78, 5) is 12.7. The Morgan fingerprint density at radius 1 is 1.63 bits per heavy atom. The lowest BCUT2D eigenvalue weighted by Crippen LogP contribution is -2.45. The number of hydrogen-bond acceptors (Lipinski definition) is 3. The quantitative estimate of drug-likeness (QED) is 0.896. The molecule has 1 fully saturated rings. The number of piperidine rings is 1. The van der Waals surface area contributed by atoms with Crippen LogP contribution in [0.3, 0.4) is 0 Å². The molecule has 1 aromatic heterocycles. The maximum atomic E-state index is 12.1. The van der Waals surface area contributed by atoms with Crippen LogP contribution in [-0.4, -0.2) is 25.5 Å². The molecular weight excluding hydrogens is 303 g/mol. The summed E-state index contributed by atoms with van der Waals surface area (Å²) in [5.41, 5.74) is 1.13. The number of aryl methyl sites for hydroxylation is 1. The Kier molecular flexibility index (Phi) is 6.12. The van der Waals surface area contributed by atoms with Crippen molar-refractivity contribution >= 4 is 41.3 Å². The van der Waals surface area contributed by atoms with Gasteiger partial charge in [-0.3, -0.25) is 4.79 Å². The number of carbonyl (C=O) groups is 1. The lowest BCUT2D eigenvalue weighted by atomic mass is 9.83. The molecule has 2 heterocycles. The highest BCUT2D eigenvalue weighted by Crippen LogP contribution is 2.28. The summed E-state index contributed by atoms with van der Waals surface area (Å²) in [6.45, 7) is 6.87. The number of nitrogens with one attached hydrogen (secondary N) is 2. The third-order valence-electron chi connectivity index (χ3n) is 3.47. The third-order valence-corrected chi connectivity index (χ3v) is 5.16. The van der Waals surface area contributed by atoms with E-state index in [0.717, 1.165) is 25.1 Å². The minimum absolute atomic E-state index is 0. The molecule has 1 aliphatic heterocycles. The number of rotatable bonds is 3. The molecule has 3 nitrogen and oxygen atoms in total. The van der Waals surface area contributed by atoms with E-state index in [-0.39, 0.29) is 23.7 Å². The molecule has 0 bridgehead atoms. The third kappa shape index (κ3) is 4.09. The van der Waals surface area contributed by atoms with Gasteiger partial charge in [0.05, 0.1) is 5.02 Å². The van der Waals surface area contributed by atoms with Gasteiger partial charge in [0.25, 0.3) is 5.91 Å². The predicted molar refractivity (Wildman–Crippen MR) is 83.9 cm³/mol. The van der Waals surface area contributed by atoms with Crippen LogP contribution in [0, 0.1) is 12.3 Å². The molecule has 0 aliphatic carbocycles. The molecule has 1 aromatic rings. The normalized spacial score (nSPS) is 22.7. The fourth-order valence-corrected chi connectivity index (χ4v) is 3.42. The molecule has 2 N–H and O–H groups in total. The molecule has 0 saturated carbocycles. The Bertz CT molecular complexity index is 442. The minimum atomic E-state index is -0.0510. The fraction of sp³-hybridized carbons (Fsp3) is 0.615. The van der Waals surface area contributed by atoms with E-state index in [1.54, 1.807) is 0 Å². The fourth-order valence-electron chi connectivity index (χ4n) is 2.23. The van der Waals surface area contributed by atoms with Crippen molar-refractivity contribution < 1.29 is 4.79 Å². The molecule has 19 heavy (non-hydrogen) atoms. The van der Waals surface area contributed by atoms with Gasteiger partial charge >= 0.3 is 0 Å². The molecule has 6 heteroatoms. The second-order valence-corrected chi connectivity index (χ2v) is 6.59. The van der Waals surface area contributed by atoms with Crippen LogP contribution < -0.4 is 10.6 Å². The van der Waals surface area contributed by atoms with Gasteiger partial charge in [0.1, 0.15) is 4.88 Å². The minimum Gasteiger partial charge on any atom is -0.351 e. The summed E-state index contributed by atoms with van der Waals surface area (Å²) in [5, 5.41) is 8.90. The molecule has 0 radical (unpaired) electrons. The van der Waals surface area contributed by atoms with Gasteiger partial charge in [0, 0.05) is 13.1 Å². The molecular formula is C13H20Cl2N2OS.